The van der Waals surface area contributed by atoms with Crippen LogP contribution in [0.5, 0.6) is 0 Å². The minimum Gasteiger partial charge on any atom is -0.396 e. The van der Waals surface area contributed by atoms with Crippen LogP contribution in [0.1, 0.15) is 43.4 Å². The van der Waals surface area contributed by atoms with Gasteiger partial charge in [-0.15, -0.1) is 0 Å². The Kier molecular flexibility index (Phi) is 7.48. The first kappa shape index (κ1) is 18.7. The number of aliphatic hydroxyl groups is 2. The zero-order valence-electron chi connectivity index (χ0n) is 15.0. The van der Waals surface area contributed by atoms with Crippen molar-refractivity contribution in [3.05, 3.63) is 59.2 Å². The van der Waals surface area contributed by atoms with Crippen molar-refractivity contribution in [3.8, 4) is 11.1 Å². The molecule has 0 saturated carbocycles. The van der Waals surface area contributed by atoms with E-state index in [9.17, 15) is 10.2 Å². The quantitative estimate of drug-likeness (QED) is 0.717. The van der Waals surface area contributed by atoms with Gasteiger partial charge >= 0.3 is 0 Å². The predicted molar refractivity (Wildman–Crippen MR) is 101 cm³/mol. The summed E-state index contributed by atoms with van der Waals surface area (Å²) >= 11 is 0. The van der Waals surface area contributed by atoms with E-state index in [0.29, 0.717) is 0 Å². The second-order valence-electron chi connectivity index (χ2n) is 6.56. The van der Waals surface area contributed by atoms with Crippen LogP contribution in [0, 0.1) is 5.92 Å². The third-order valence-electron chi connectivity index (χ3n) is 4.71. The lowest BCUT2D eigenvalue weighted by molar-refractivity contribution is 0.144. The molecule has 24 heavy (non-hydrogen) atoms. The van der Waals surface area contributed by atoms with Crippen LogP contribution in [-0.4, -0.2) is 23.4 Å². The smallest absolute Gasteiger partial charge is 0.0481 e. The van der Waals surface area contributed by atoms with E-state index >= 15 is 0 Å². The molecule has 0 aliphatic heterocycles. The Morgan fingerprint density at radius 3 is 2.08 bits per heavy atom. The van der Waals surface area contributed by atoms with Crippen LogP contribution in [0.2, 0.25) is 0 Å². The summed E-state index contributed by atoms with van der Waals surface area (Å²) in [6, 6.07) is 15.6. The fraction of sp³-hybridized carbons (Fsp3) is 0.455. The summed E-state index contributed by atoms with van der Waals surface area (Å²) in [7, 11) is 0. The van der Waals surface area contributed by atoms with Crippen molar-refractivity contribution in [1.29, 1.82) is 0 Å². The van der Waals surface area contributed by atoms with Gasteiger partial charge in [0.25, 0.3) is 0 Å². The highest BCUT2D eigenvalue weighted by Crippen LogP contribution is 2.27. The van der Waals surface area contributed by atoms with Gasteiger partial charge in [0, 0.05) is 19.1 Å². The molecule has 2 nitrogen and oxygen atoms in total. The first-order valence-electron chi connectivity index (χ1n) is 9.14. The van der Waals surface area contributed by atoms with Gasteiger partial charge in [-0.25, -0.2) is 0 Å². The Bertz CT molecular complexity index is 612. The SMILES string of the molecule is CCCc1ccc(-c2ccc(CCC(CO)CO)cc2CC)cc1. The summed E-state index contributed by atoms with van der Waals surface area (Å²) in [6.45, 7) is 4.51. The van der Waals surface area contributed by atoms with Crippen molar-refractivity contribution < 1.29 is 10.2 Å². The molecule has 2 heteroatoms. The molecule has 0 bridgehead atoms. The summed E-state index contributed by atoms with van der Waals surface area (Å²) in [6.07, 6.45) is 5.03. The maximum atomic E-state index is 9.20. The lowest BCUT2D eigenvalue weighted by Gasteiger charge is -2.14. The molecule has 0 radical (unpaired) electrons. The minimum atomic E-state index is -0.0131. The first-order valence-corrected chi connectivity index (χ1v) is 9.14. The van der Waals surface area contributed by atoms with Gasteiger partial charge in [0.2, 0.25) is 0 Å². The molecule has 0 aromatic heterocycles. The number of rotatable bonds is 9. The summed E-state index contributed by atoms with van der Waals surface area (Å²) in [5.41, 5.74) is 6.63. The highest BCUT2D eigenvalue weighted by molar-refractivity contribution is 5.68. The topological polar surface area (TPSA) is 40.5 Å². The number of hydrogen-bond acceptors (Lipinski definition) is 2. The van der Waals surface area contributed by atoms with Crippen molar-refractivity contribution in [2.75, 3.05) is 13.2 Å². The van der Waals surface area contributed by atoms with E-state index in [1.807, 2.05) is 0 Å². The summed E-state index contributed by atoms with van der Waals surface area (Å²) < 4.78 is 0. The third-order valence-corrected chi connectivity index (χ3v) is 4.71. The van der Waals surface area contributed by atoms with E-state index in [4.69, 9.17) is 0 Å². The normalized spacial score (nSPS) is 11.2. The first-order chi connectivity index (χ1) is 11.7. The van der Waals surface area contributed by atoms with Gasteiger partial charge in [-0.3, -0.25) is 0 Å². The molecule has 2 rings (SSSR count). The molecule has 0 fully saturated rings. The van der Waals surface area contributed by atoms with Gasteiger partial charge in [0.05, 0.1) is 0 Å². The van der Waals surface area contributed by atoms with Crippen LogP contribution in [-0.2, 0) is 19.3 Å². The highest BCUT2D eigenvalue weighted by atomic mass is 16.3. The van der Waals surface area contributed by atoms with E-state index < -0.39 is 0 Å². The second-order valence-corrected chi connectivity index (χ2v) is 6.56. The van der Waals surface area contributed by atoms with E-state index in [2.05, 4.69) is 56.3 Å². The fourth-order valence-corrected chi connectivity index (χ4v) is 3.13. The van der Waals surface area contributed by atoms with Crippen LogP contribution in [0.4, 0.5) is 0 Å². The zero-order valence-corrected chi connectivity index (χ0v) is 15.0. The monoisotopic (exact) mass is 326 g/mol. The molecule has 2 aromatic carbocycles. The number of benzene rings is 2. The minimum absolute atomic E-state index is 0.0131. The maximum absolute atomic E-state index is 9.20. The van der Waals surface area contributed by atoms with Gasteiger partial charge in [-0.2, -0.15) is 0 Å². The molecule has 0 aliphatic carbocycles. The molecule has 0 spiro atoms. The lowest BCUT2D eigenvalue weighted by Crippen LogP contribution is -2.11. The Labute approximate surface area is 146 Å². The molecule has 0 atom stereocenters. The molecule has 2 aromatic rings. The molecule has 2 N–H and O–H groups in total. The van der Waals surface area contributed by atoms with Gasteiger partial charge in [-0.05, 0) is 53.5 Å². The van der Waals surface area contributed by atoms with Gasteiger partial charge in [0.15, 0.2) is 0 Å². The van der Waals surface area contributed by atoms with Crippen molar-refractivity contribution >= 4 is 0 Å². The Hall–Kier alpha value is -1.64. The molecule has 0 amide bonds. The van der Waals surface area contributed by atoms with Crippen LogP contribution in [0.15, 0.2) is 42.5 Å². The number of aryl methyl sites for hydroxylation is 3. The van der Waals surface area contributed by atoms with E-state index in [1.165, 1.54) is 34.2 Å². The van der Waals surface area contributed by atoms with Crippen molar-refractivity contribution in [2.45, 2.75) is 46.0 Å². The molecule has 0 saturated heterocycles. The lowest BCUT2D eigenvalue weighted by atomic mass is 9.92. The molecular weight excluding hydrogens is 296 g/mol. The molecular formula is C22H30O2. The standard InChI is InChI=1S/C22H30O2/c1-3-5-17-8-11-21(12-9-17)22-13-10-18(14-20(22)4-2)6-7-19(15-23)16-24/h8-14,19,23-24H,3-7,15-16H2,1-2H3. The fourth-order valence-electron chi connectivity index (χ4n) is 3.13. The summed E-state index contributed by atoms with van der Waals surface area (Å²) in [5, 5.41) is 18.4. The number of hydrogen-bond donors (Lipinski definition) is 2. The summed E-state index contributed by atoms with van der Waals surface area (Å²) in [4.78, 5) is 0. The largest absolute Gasteiger partial charge is 0.396 e. The third kappa shape index (κ3) is 4.93. The van der Waals surface area contributed by atoms with Crippen LogP contribution >= 0.6 is 0 Å². The van der Waals surface area contributed by atoms with Crippen molar-refractivity contribution in [1.82, 2.24) is 0 Å². The molecule has 130 valence electrons. The van der Waals surface area contributed by atoms with Crippen molar-refractivity contribution in [2.24, 2.45) is 5.92 Å². The summed E-state index contributed by atoms with van der Waals surface area (Å²) in [5.74, 6) is -0.0131. The van der Waals surface area contributed by atoms with Crippen LogP contribution in [0.25, 0.3) is 11.1 Å². The number of aliphatic hydroxyl groups excluding tert-OH is 2. The zero-order chi connectivity index (χ0) is 17.4. The Balaban J connectivity index is 2.16. The maximum Gasteiger partial charge on any atom is 0.0481 e. The van der Waals surface area contributed by atoms with Crippen LogP contribution < -0.4 is 0 Å². The molecule has 0 aliphatic rings. The van der Waals surface area contributed by atoms with Gasteiger partial charge < -0.3 is 10.2 Å². The second kappa shape index (κ2) is 9.61. The Morgan fingerprint density at radius 2 is 1.50 bits per heavy atom. The molecule has 0 heterocycles. The predicted octanol–water partition coefficient (Wildman–Crippen LogP) is 4.40. The van der Waals surface area contributed by atoms with E-state index in [0.717, 1.165) is 25.7 Å². The van der Waals surface area contributed by atoms with Crippen LogP contribution in [0.3, 0.4) is 0 Å². The molecule has 0 unspecified atom stereocenters. The average molecular weight is 326 g/mol. The van der Waals surface area contributed by atoms with E-state index in [1.54, 1.807) is 0 Å². The van der Waals surface area contributed by atoms with E-state index in [-0.39, 0.29) is 19.1 Å². The van der Waals surface area contributed by atoms with Crippen molar-refractivity contribution in [3.63, 3.8) is 0 Å². The Morgan fingerprint density at radius 1 is 0.833 bits per heavy atom. The highest BCUT2D eigenvalue weighted by Gasteiger charge is 2.09. The van der Waals surface area contributed by atoms with Gasteiger partial charge in [0.1, 0.15) is 0 Å². The van der Waals surface area contributed by atoms with Gasteiger partial charge in [-0.1, -0.05) is 62.7 Å². The average Bonchev–Trinajstić information content (AvgIpc) is 2.63.